The number of hydrogen-bond acceptors (Lipinski definition) is 6. The van der Waals surface area contributed by atoms with E-state index >= 15 is 0 Å². The van der Waals surface area contributed by atoms with Gasteiger partial charge in [0.15, 0.2) is 9.84 Å². The van der Waals surface area contributed by atoms with Crippen LogP contribution in [0.4, 0.5) is 13.2 Å². The zero-order chi connectivity index (χ0) is 24.4. The highest BCUT2D eigenvalue weighted by molar-refractivity contribution is 7.90. The zero-order valence-electron chi connectivity index (χ0n) is 17.4. The molecule has 1 aliphatic heterocycles. The van der Waals surface area contributed by atoms with Gasteiger partial charge in [-0.15, -0.1) is 13.2 Å². The Morgan fingerprint density at radius 2 is 1.58 bits per heavy atom. The molecule has 2 aromatic carbocycles. The summed E-state index contributed by atoms with van der Waals surface area (Å²) in [5, 5.41) is 0. The first-order valence-electron chi connectivity index (χ1n) is 9.73. The number of alkyl halides is 3. The van der Waals surface area contributed by atoms with Gasteiger partial charge >= 0.3 is 6.36 Å². The van der Waals surface area contributed by atoms with Gasteiger partial charge in [-0.05, 0) is 48.9 Å². The largest absolute Gasteiger partial charge is 0.573 e. The van der Waals surface area contributed by atoms with E-state index < -0.39 is 37.9 Å². The number of carbonyl (C=O) groups is 1. The number of benzene rings is 2. The van der Waals surface area contributed by atoms with E-state index in [1.165, 1.54) is 29.2 Å². The first kappa shape index (κ1) is 25.0. The number of hydrogen-bond donors (Lipinski definition) is 0. The average Bonchev–Trinajstić information content (AvgIpc) is 2.99. The molecule has 1 amide bonds. The molecule has 180 valence electrons. The molecule has 0 bridgehead atoms. The Balaban J connectivity index is 1.72. The van der Waals surface area contributed by atoms with Crippen LogP contribution in [-0.4, -0.2) is 70.7 Å². The van der Waals surface area contributed by atoms with Crippen molar-refractivity contribution in [3.05, 3.63) is 54.1 Å². The minimum atomic E-state index is -4.89. The van der Waals surface area contributed by atoms with Crippen molar-refractivity contribution in [2.45, 2.75) is 22.6 Å². The molecule has 1 fully saturated rings. The highest BCUT2D eigenvalue weighted by Crippen LogP contribution is 2.25. The zero-order valence-corrected chi connectivity index (χ0v) is 19.1. The van der Waals surface area contributed by atoms with Crippen molar-refractivity contribution >= 4 is 25.8 Å². The van der Waals surface area contributed by atoms with Gasteiger partial charge in [-0.25, -0.2) is 16.8 Å². The summed E-state index contributed by atoms with van der Waals surface area (Å²) >= 11 is 0. The predicted octanol–water partition coefficient (Wildman–Crippen LogP) is 2.53. The number of amides is 1. The number of rotatable bonds is 5. The van der Waals surface area contributed by atoms with Gasteiger partial charge in [-0.1, -0.05) is 6.07 Å². The molecule has 8 nitrogen and oxygen atoms in total. The quantitative estimate of drug-likeness (QED) is 0.618. The Kier molecular flexibility index (Phi) is 7.05. The second kappa shape index (κ2) is 9.31. The monoisotopic (exact) mass is 506 g/mol. The summed E-state index contributed by atoms with van der Waals surface area (Å²) in [5.41, 5.74) is 0.175. The number of sulfone groups is 1. The van der Waals surface area contributed by atoms with E-state index in [0.29, 0.717) is 6.42 Å². The van der Waals surface area contributed by atoms with Crippen LogP contribution in [-0.2, 0) is 19.9 Å². The van der Waals surface area contributed by atoms with E-state index in [2.05, 4.69) is 4.74 Å². The Morgan fingerprint density at radius 3 is 2.18 bits per heavy atom. The lowest BCUT2D eigenvalue weighted by Gasteiger charge is -2.22. The van der Waals surface area contributed by atoms with Crippen LogP contribution in [0.5, 0.6) is 5.75 Å². The minimum Gasteiger partial charge on any atom is -0.406 e. The molecule has 2 aromatic rings. The van der Waals surface area contributed by atoms with Crippen LogP contribution in [0.2, 0.25) is 0 Å². The van der Waals surface area contributed by atoms with Crippen LogP contribution in [0.15, 0.2) is 58.3 Å². The maximum absolute atomic E-state index is 12.9. The number of halogens is 3. The van der Waals surface area contributed by atoms with E-state index in [9.17, 15) is 34.8 Å². The topological polar surface area (TPSA) is 101 Å². The molecule has 0 saturated carbocycles. The summed E-state index contributed by atoms with van der Waals surface area (Å²) < 4.78 is 91.2. The summed E-state index contributed by atoms with van der Waals surface area (Å²) in [7, 11) is -7.50. The lowest BCUT2D eigenvalue weighted by molar-refractivity contribution is -0.274. The number of ether oxygens (including phenoxy) is 1. The highest BCUT2D eigenvalue weighted by Gasteiger charge is 2.32. The lowest BCUT2D eigenvalue weighted by Crippen LogP contribution is -2.37. The molecule has 0 aromatic heterocycles. The number of sulfonamides is 1. The first-order valence-corrected chi connectivity index (χ1v) is 13.1. The van der Waals surface area contributed by atoms with Gasteiger partial charge in [-0.2, -0.15) is 4.31 Å². The van der Waals surface area contributed by atoms with Gasteiger partial charge in [0.25, 0.3) is 5.91 Å². The van der Waals surface area contributed by atoms with Crippen molar-refractivity contribution in [3.8, 4) is 5.75 Å². The molecule has 0 radical (unpaired) electrons. The SMILES string of the molecule is CS(=O)(=O)c1cccc(C(=O)N2CCCN(S(=O)(=O)c3ccc(OC(F)(F)F)cc3)CC2)c1. The van der Waals surface area contributed by atoms with Crippen LogP contribution in [0.1, 0.15) is 16.8 Å². The molecule has 3 rings (SSSR count). The summed E-state index contributed by atoms with van der Waals surface area (Å²) in [6.07, 6.45) is -3.53. The minimum absolute atomic E-state index is 0.00493. The molecule has 33 heavy (non-hydrogen) atoms. The summed E-state index contributed by atoms with van der Waals surface area (Å²) in [4.78, 5) is 14.1. The van der Waals surface area contributed by atoms with E-state index in [4.69, 9.17) is 0 Å². The van der Waals surface area contributed by atoms with Crippen molar-refractivity contribution < 1.29 is 39.5 Å². The molecule has 0 aliphatic carbocycles. The molecule has 0 unspecified atom stereocenters. The third-order valence-corrected chi connectivity index (χ3v) is 7.97. The molecule has 0 N–H and O–H groups in total. The molecule has 13 heteroatoms. The lowest BCUT2D eigenvalue weighted by atomic mass is 10.2. The van der Waals surface area contributed by atoms with E-state index in [1.54, 1.807) is 0 Å². The smallest absolute Gasteiger partial charge is 0.406 e. The Morgan fingerprint density at radius 1 is 0.909 bits per heavy atom. The second-order valence-corrected chi connectivity index (χ2v) is 11.3. The Bertz CT molecular complexity index is 1230. The summed E-state index contributed by atoms with van der Waals surface area (Å²) in [5.74, 6) is -0.959. The van der Waals surface area contributed by atoms with Crippen LogP contribution >= 0.6 is 0 Å². The normalized spacial score (nSPS) is 16.3. The molecule has 1 heterocycles. The van der Waals surface area contributed by atoms with E-state index in [0.717, 1.165) is 34.8 Å². The average molecular weight is 507 g/mol. The molecular formula is C20H21F3N2O6S2. The second-order valence-electron chi connectivity index (χ2n) is 7.37. The van der Waals surface area contributed by atoms with Crippen molar-refractivity contribution in [2.75, 3.05) is 32.4 Å². The van der Waals surface area contributed by atoms with Crippen LogP contribution in [0.25, 0.3) is 0 Å². The Labute approximate surface area is 189 Å². The van der Waals surface area contributed by atoms with Gasteiger partial charge in [0.05, 0.1) is 9.79 Å². The molecular weight excluding hydrogens is 485 g/mol. The van der Waals surface area contributed by atoms with Gasteiger partial charge in [0.2, 0.25) is 10.0 Å². The van der Waals surface area contributed by atoms with E-state index in [-0.39, 0.29) is 41.5 Å². The van der Waals surface area contributed by atoms with Gasteiger partial charge < -0.3 is 9.64 Å². The fourth-order valence-corrected chi connectivity index (χ4v) is 5.48. The molecule has 0 spiro atoms. The molecule has 0 atom stereocenters. The van der Waals surface area contributed by atoms with Crippen LogP contribution in [0, 0.1) is 0 Å². The molecule has 1 saturated heterocycles. The van der Waals surface area contributed by atoms with Crippen molar-refractivity contribution in [2.24, 2.45) is 0 Å². The predicted molar refractivity (Wildman–Crippen MR) is 112 cm³/mol. The van der Waals surface area contributed by atoms with Crippen molar-refractivity contribution in [3.63, 3.8) is 0 Å². The van der Waals surface area contributed by atoms with Crippen LogP contribution in [0.3, 0.4) is 0 Å². The fraction of sp³-hybridized carbons (Fsp3) is 0.350. The summed E-state index contributed by atoms with van der Waals surface area (Å²) in [6, 6.07) is 9.51. The number of nitrogens with zero attached hydrogens (tertiary/aromatic N) is 2. The van der Waals surface area contributed by atoms with Gasteiger partial charge in [-0.3, -0.25) is 4.79 Å². The third kappa shape index (κ3) is 6.24. The maximum Gasteiger partial charge on any atom is 0.573 e. The Hall–Kier alpha value is -2.64. The number of carbonyl (C=O) groups excluding carboxylic acids is 1. The third-order valence-electron chi connectivity index (χ3n) is 4.95. The van der Waals surface area contributed by atoms with Crippen molar-refractivity contribution in [1.82, 2.24) is 9.21 Å². The van der Waals surface area contributed by atoms with Crippen molar-refractivity contribution in [1.29, 1.82) is 0 Å². The first-order chi connectivity index (χ1) is 15.3. The fourth-order valence-electron chi connectivity index (χ4n) is 3.34. The maximum atomic E-state index is 12.9. The standard InChI is InChI=1S/C20H21F3N2O6S2/c1-32(27,28)18-5-2-4-15(14-18)19(26)24-10-3-11-25(13-12-24)33(29,30)17-8-6-16(7-9-17)31-20(21,22)23/h2,4-9,14H,3,10-13H2,1H3. The van der Waals surface area contributed by atoms with Gasteiger partial charge in [0, 0.05) is 38.0 Å². The van der Waals surface area contributed by atoms with Gasteiger partial charge in [0.1, 0.15) is 5.75 Å². The van der Waals surface area contributed by atoms with Crippen LogP contribution < -0.4 is 4.74 Å². The highest BCUT2D eigenvalue weighted by atomic mass is 32.2. The molecule has 1 aliphatic rings. The summed E-state index contributed by atoms with van der Waals surface area (Å²) in [6.45, 7) is 0.402. The van der Waals surface area contributed by atoms with E-state index in [1.807, 2.05) is 0 Å².